The molecular weight excluding hydrogens is 653 g/mol. The lowest BCUT2D eigenvalue weighted by Gasteiger charge is -2.20. The third-order valence-corrected chi connectivity index (χ3v) is 8.32. The molecule has 0 fully saturated rings. The molecule has 4 rings (SSSR count). The number of carbonyl (C=O) groups is 3. The molecule has 0 bridgehead atoms. The summed E-state index contributed by atoms with van der Waals surface area (Å²) < 4.78 is 19.7. The van der Waals surface area contributed by atoms with Gasteiger partial charge in [-0.2, -0.15) is 4.98 Å². The zero-order valence-corrected chi connectivity index (χ0v) is 26.7. The number of aliphatic hydroxyl groups is 2. The lowest BCUT2D eigenvalue weighted by Crippen LogP contribution is -2.40. The molecule has 2 atom stereocenters. The van der Waals surface area contributed by atoms with Crippen LogP contribution in [0.1, 0.15) is 16.7 Å². The molecule has 2 unspecified atom stereocenters. The van der Waals surface area contributed by atoms with Gasteiger partial charge in [-0.05, 0) is 46.5 Å². The molecule has 11 nitrogen and oxygen atoms in total. The number of halogens is 2. The van der Waals surface area contributed by atoms with E-state index in [4.69, 9.17) is 21.4 Å². The number of carboxylic acid groups (broad SMARTS) is 1. The number of esters is 1. The smallest absolute Gasteiger partial charge is 0.338 e. The van der Waals surface area contributed by atoms with Crippen molar-refractivity contribution in [3.63, 3.8) is 0 Å². The summed E-state index contributed by atoms with van der Waals surface area (Å²) in [6.07, 6.45) is -3.43. The highest BCUT2D eigenvalue weighted by Crippen LogP contribution is 2.23. The number of thioether (sulfide) groups is 1. The number of carbonyl (C=O) groups excluding carboxylic acids is 2. The van der Waals surface area contributed by atoms with E-state index in [1.54, 1.807) is 19.2 Å². The number of aliphatic carboxylic acids is 1. The van der Waals surface area contributed by atoms with Crippen LogP contribution < -0.4 is 5.56 Å². The van der Waals surface area contributed by atoms with Crippen LogP contribution in [-0.4, -0.2) is 73.5 Å². The number of carboxylic acids is 1. The molecular formula is C33H31ClFN3O8S. The van der Waals surface area contributed by atoms with Gasteiger partial charge in [0.2, 0.25) is 5.91 Å². The van der Waals surface area contributed by atoms with Crippen molar-refractivity contribution >= 4 is 41.2 Å². The molecule has 0 aliphatic rings. The third-order valence-electron chi connectivity index (χ3n) is 7.00. The van der Waals surface area contributed by atoms with E-state index in [9.17, 15) is 33.8 Å². The lowest BCUT2D eigenvalue weighted by atomic mass is 10.0. The predicted molar refractivity (Wildman–Crippen MR) is 172 cm³/mol. The first-order chi connectivity index (χ1) is 22.4. The Bertz CT molecular complexity index is 1770. The number of benzene rings is 3. The summed E-state index contributed by atoms with van der Waals surface area (Å²) >= 11 is 7.16. The Kier molecular flexibility index (Phi) is 12.3. The Balaban J connectivity index is 1.47. The van der Waals surface area contributed by atoms with Gasteiger partial charge in [-0.3, -0.25) is 9.59 Å². The molecule has 0 saturated carbocycles. The molecule has 1 aromatic heterocycles. The Labute approximate surface area is 278 Å². The molecule has 0 spiro atoms. The molecule has 4 aromatic rings. The first kappa shape index (κ1) is 35.3. The Morgan fingerprint density at radius 3 is 2.17 bits per heavy atom. The van der Waals surface area contributed by atoms with Crippen LogP contribution in [0.5, 0.6) is 0 Å². The second-order valence-electron chi connectivity index (χ2n) is 10.5. The largest absolute Gasteiger partial charge is 0.479 e. The Hall–Kier alpha value is -4.56. The number of likely N-dealkylation sites (N-methyl/N-ethyl adjacent to an activating group) is 1. The van der Waals surface area contributed by atoms with Gasteiger partial charge in [0.25, 0.3) is 5.56 Å². The third kappa shape index (κ3) is 9.96. The average Bonchev–Trinajstić information content (AvgIpc) is 3.05. The van der Waals surface area contributed by atoms with E-state index in [0.29, 0.717) is 17.3 Å². The molecule has 14 heteroatoms. The quantitative estimate of drug-likeness (QED) is 0.102. The van der Waals surface area contributed by atoms with Crippen molar-refractivity contribution in [3.8, 4) is 11.1 Å². The van der Waals surface area contributed by atoms with Crippen molar-refractivity contribution in [2.75, 3.05) is 13.7 Å². The van der Waals surface area contributed by atoms with Crippen LogP contribution in [0.4, 0.5) is 4.39 Å². The lowest BCUT2D eigenvalue weighted by molar-refractivity contribution is -0.169. The maximum absolute atomic E-state index is 13.4. The fourth-order valence-electron chi connectivity index (χ4n) is 4.33. The van der Waals surface area contributed by atoms with Gasteiger partial charge in [0.05, 0.1) is 6.61 Å². The SMILES string of the molecule is CN(Cc1ccc(-c2ccc(Cl)cc2)cc1)C(=O)Cn1cc(CCOC(=O)C(O)C(O)C(=O)O)c(=O)nc1SCc1ccc(F)cc1. The minimum absolute atomic E-state index is 0.0884. The van der Waals surface area contributed by atoms with Crippen LogP contribution >= 0.6 is 23.4 Å². The standard InChI is InChI=1S/C33H31ClFN3O8S/c1-37(16-20-2-6-22(7-3-20)23-8-10-25(34)11-9-23)27(39)18-38-17-24(14-15-46-32(45)29(41)28(40)31(43)44)30(42)36-33(38)47-19-21-4-12-26(35)13-5-21/h2-13,17,28-29,40-41H,14-16,18-19H2,1H3,(H,43,44). The summed E-state index contributed by atoms with van der Waals surface area (Å²) in [5, 5.41) is 28.6. The van der Waals surface area contributed by atoms with Crippen LogP contribution in [0.25, 0.3) is 11.1 Å². The Morgan fingerprint density at radius 1 is 0.957 bits per heavy atom. The van der Waals surface area contributed by atoms with Gasteiger partial charge in [-0.1, -0.05) is 71.9 Å². The zero-order chi connectivity index (χ0) is 34.1. The van der Waals surface area contributed by atoms with Crippen molar-refractivity contribution in [1.82, 2.24) is 14.5 Å². The molecule has 1 heterocycles. The van der Waals surface area contributed by atoms with E-state index in [0.717, 1.165) is 22.3 Å². The summed E-state index contributed by atoms with van der Waals surface area (Å²) in [4.78, 5) is 54.6. The fraction of sp³-hybridized carbons (Fsp3) is 0.242. The van der Waals surface area contributed by atoms with E-state index in [1.165, 1.54) is 39.6 Å². The highest BCUT2D eigenvalue weighted by atomic mass is 35.5. The molecule has 1 amide bonds. The average molecular weight is 684 g/mol. The second-order valence-corrected chi connectivity index (χ2v) is 11.9. The molecule has 0 aliphatic heterocycles. The van der Waals surface area contributed by atoms with Gasteiger partial charge in [-0.25, -0.2) is 14.0 Å². The van der Waals surface area contributed by atoms with Gasteiger partial charge in [0.15, 0.2) is 17.4 Å². The van der Waals surface area contributed by atoms with Crippen LogP contribution in [-0.2, 0) is 44.4 Å². The van der Waals surface area contributed by atoms with Gasteiger partial charge in [0, 0.05) is 42.5 Å². The zero-order valence-electron chi connectivity index (χ0n) is 25.1. The van der Waals surface area contributed by atoms with Crippen LogP contribution in [0.15, 0.2) is 88.9 Å². The maximum Gasteiger partial charge on any atom is 0.338 e. The minimum Gasteiger partial charge on any atom is -0.479 e. The summed E-state index contributed by atoms with van der Waals surface area (Å²) in [6, 6.07) is 21.0. The van der Waals surface area contributed by atoms with E-state index in [1.807, 2.05) is 48.5 Å². The number of nitrogens with zero attached hydrogens (tertiary/aromatic N) is 3. The number of rotatable bonds is 14. The second kappa shape index (κ2) is 16.3. The molecule has 0 saturated heterocycles. The summed E-state index contributed by atoms with van der Waals surface area (Å²) in [7, 11) is 1.65. The Morgan fingerprint density at radius 2 is 1.55 bits per heavy atom. The molecule has 246 valence electrons. The van der Waals surface area contributed by atoms with Crippen LogP contribution in [0.2, 0.25) is 5.02 Å². The van der Waals surface area contributed by atoms with Gasteiger partial charge in [-0.15, -0.1) is 0 Å². The first-order valence-electron chi connectivity index (χ1n) is 14.2. The molecule has 3 aromatic carbocycles. The van der Waals surface area contributed by atoms with Crippen molar-refractivity contribution in [2.24, 2.45) is 0 Å². The number of aromatic nitrogens is 2. The number of ether oxygens (including phenoxy) is 1. The van der Waals surface area contributed by atoms with E-state index < -0.39 is 42.1 Å². The topological polar surface area (TPSA) is 159 Å². The molecule has 3 N–H and O–H groups in total. The predicted octanol–water partition coefficient (Wildman–Crippen LogP) is 3.55. The number of hydrogen-bond donors (Lipinski definition) is 3. The molecule has 0 aliphatic carbocycles. The van der Waals surface area contributed by atoms with Gasteiger partial charge < -0.3 is 29.5 Å². The van der Waals surface area contributed by atoms with Crippen molar-refractivity contribution in [2.45, 2.75) is 42.6 Å². The first-order valence-corrected chi connectivity index (χ1v) is 15.6. The number of aliphatic hydroxyl groups excluding tert-OH is 2. The highest BCUT2D eigenvalue weighted by Gasteiger charge is 2.31. The number of hydrogen-bond acceptors (Lipinski definition) is 9. The molecule has 0 radical (unpaired) electrons. The summed E-state index contributed by atoms with van der Waals surface area (Å²) in [5.74, 6) is -3.53. The minimum atomic E-state index is -2.37. The summed E-state index contributed by atoms with van der Waals surface area (Å²) in [6.45, 7) is -0.311. The van der Waals surface area contributed by atoms with E-state index in [2.05, 4.69) is 4.98 Å². The van der Waals surface area contributed by atoms with Crippen molar-refractivity contribution < 1.29 is 38.8 Å². The number of amides is 1. The normalized spacial score (nSPS) is 12.3. The van der Waals surface area contributed by atoms with Crippen molar-refractivity contribution in [3.05, 3.63) is 117 Å². The van der Waals surface area contributed by atoms with Gasteiger partial charge in [0.1, 0.15) is 12.4 Å². The summed E-state index contributed by atoms with van der Waals surface area (Å²) in [5.41, 5.74) is 3.09. The van der Waals surface area contributed by atoms with Crippen molar-refractivity contribution in [1.29, 1.82) is 0 Å². The molecule has 47 heavy (non-hydrogen) atoms. The monoisotopic (exact) mass is 683 g/mol. The van der Waals surface area contributed by atoms with Gasteiger partial charge >= 0.3 is 11.9 Å². The van der Waals surface area contributed by atoms with E-state index >= 15 is 0 Å². The van der Waals surface area contributed by atoms with Crippen LogP contribution in [0.3, 0.4) is 0 Å². The maximum atomic E-state index is 13.4. The van der Waals surface area contributed by atoms with Crippen LogP contribution in [0, 0.1) is 5.82 Å². The highest BCUT2D eigenvalue weighted by molar-refractivity contribution is 7.98. The van der Waals surface area contributed by atoms with E-state index in [-0.39, 0.29) is 29.6 Å². The fourth-order valence-corrected chi connectivity index (χ4v) is 5.38.